The van der Waals surface area contributed by atoms with Crippen LogP contribution in [-0.4, -0.2) is 42.1 Å². The average molecular weight is 393 g/mol. The molecule has 0 bridgehead atoms. The zero-order valence-electron chi connectivity index (χ0n) is 17.6. The summed E-state index contributed by atoms with van der Waals surface area (Å²) in [5.41, 5.74) is 4.73. The summed E-state index contributed by atoms with van der Waals surface area (Å²) in [7, 11) is 0. The van der Waals surface area contributed by atoms with E-state index in [9.17, 15) is 4.79 Å². The lowest BCUT2D eigenvalue weighted by Gasteiger charge is -2.31. The molecule has 4 nitrogen and oxygen atoms in total. The molecule has 0 spiro atoms. The highest BCUT2D eigenvalue weighted by Gasteiger charge is 2.26. The summed E-state index contributed by atoms with van der Waals surface area (Å²) >= 11 is 0. The number of piperidine rings is 1. The first-order valence-electron chi connectivity index (χ1n) is 10.8. The molecule has 1 unspecified atom stereocenters. The zero-order valence-corrected chi connectivity index (χ0v) is 17.6. The summed E-state index contributed by atoms with van der Waals surface area (Å²) < 4.78 is 5.19. The molecule has 1 saturated heterocycles. The van der Waals surface area contributed by atoms with Gasteiger partial charge in [0.2, 0.25) is 0 Å². The Hall–Kier alpha value is -2.46. The van der Waals surface area contributed by atoms with Crippen LogP contribution in [0.4, 0.5) is 0 Å². The van der Waals surface area contributed by atoms with Gasteiger partial charge in [0, 0.05) is 24.8 Å². The number of carbonyl (C=O) groups excluding carboxylic acids is 1. The topological polar surface area (TPSA) is 42.4 Å². The maximum Gasteiger partial charge on any atom is 0.310 e. The molecule has 0 saturated carbocycles. The summed E-state index contributed by atoms with van der Waals surface area (Å²) in [6.45, 7) is 7.37. The summed E-state index contributed by atoms with van der Waals surface area (Å²) in [4.78, 5) is 18.9. The Morgan fingerprint density at radius 1 is 1.28 bits per heavy atom. The fraction of sp³-hybridized carbons (Fsp3) is 0.440. The van der Waals surface area contributed by atoms with Crippen LogP contribution in [0.5, 0.6) is 0 Å². The summed E-state index contributed by atoms with van der Waals surface area (Å²) in [5, 5.41) is 0. The molecule has 29 heavy (non-hydrogen) atoms. The van der Waals surface area contributed by atoms with Crippen molar-refractivity contribution in [3.8, 4) is 11.3 Å². The van der Waals surface area contributed by atoms with E-state index in [0.717, 1.165) is 51.0 Å². The molecule has 1 aromatic carbocycles. The van der Waals surface area contributed by atoms with Crippen molar-refractivity contribution in [1.29, 1.82) is 0 Å². The van der Waals surface area contributed by atoms with Crippen molar-refractivity contribution in [1.82, 2.24) is 9.88 Å². The summed E-state index contributed by atoms with van der Waals surface area (Å²) in [6, 6.07) is 12.7. The number of pyridine rings is 1. The van der Waals surface area contributed by atoms with Gasteiger partial charge in [0.25, 0.3) is 0 Å². The third kappa shape index (κ3) is 6.01. The van der Waals surface area contributed by atoms with Crippen LogP contribution in [0.3, 0.4) is 0 Å². The molecule has 2 heterocycles. The Balaban J connectivity index is 1.55. The van der Waals surface area contributed by atoms with Gasteiger partial charge in [-0.2, -0.15) is 0 Å². The fourth-order valence-electron chi connectivity index (χ4n) is 3.96. The first-order valence-corrected chi connectivity index (χ1v) is 10.8. The predicted molar refractivity (Wildman–Crippen MR) is 118 cm³/mol. The average Bonchev–Trinajstić information content (AvgIpc) is 2.77. The Labute approximate surface area is 174 Å². The van der Waals surface area contributed by atoms with Gasteiger partial charge in [-0.05, 0) is 62.4 Å². The fourth-order valence-corrected chi connectivity index (χ4v) is 3.96. The third-order valence-corrected chi connectivity index (χ3v) is 5.51. The van der Waals surface area contributed by atoms with E-state index in [1.54, 1.807) is 0 Å². The number of hydrogen-bond donors (Lipinski definition) is 0. The standard InChI is InChI=1S/C25H32N2O2/c1-3-21-11-5-6-13-23(21)24-18-20(14-15-26-24)10-7-8-16-27-17-9-12-22(19-27)25(28)29-4-2/h5-7,10-11,13-15,18,22H,3-4,8-9,12,16-17,19H2,1-2H3/b10-7+. The van der Waals surface area contributed by atoms with Crippen LogP contribution in [0.1, 0.15) is 44.2 Å². The van der Waals surface area contributed by atoms with Gasteiger partial charge in [0.15, 0.2) is 0 Å². The molecule has 154 valence electrons. The van der Waals surface area contributed by atoms with E-state index in [0.29, 0.717) is 6.61 Å². The molecule has 0 N–H and O–H groups in total. The maximum atomic E-state index is 12.0. The number of carbonyl (C=O) groups is 1. The van der Waals surface area contributed by atoms with E-state index in [4.69, 9.17) is 4.74 Å². The van der Waals surface area contributed by atoms with Gasteiger partial charge in [0.1, 0.15) is 0 Å². The molecule has 0 amide bonds. The predicted octanol–water partition coefficient (Wildman–Crippen LogP) is 4.99. The smallest absolute Gasteiger partial charge is 0.310 e. The molecule has 1 atom stereocenters. The molecule has 0 radical (unpaired) electrons. The van der Waals surface area contributed by atoms with Crippen LogP contribution >= 0.6 is 0 Å². The first-order chi connectivity index (χ1) is 14.2. The van der Waals surface area contributed by atoms with Gasteiger partial charge in [0.05, 0.1) is 18.2 Å². The van der Waals surface area contributed by atoms with Crippen LogP contribution < -0.4 is 0 Å². The summed E-state index contributed by atoms with van der Waals surface area (Å²) in [6.07, 6.45) is 10.3. The molecule has 1 aliphatic heterocycles. The second kappa shape index (κ2) is 10.9. The Kier molecular flexibility index (Phi) is 8.00. The number of esters is 1. The van der Waals surface area contributed by atoms with Gasteiger partial charge in [-0.25, -0.2) is 0 Å². The number of nitrogens with zero attached hydrogens (tertiary/aromatic N) is 2. The van der Waals surface area contributed by atoms with Crippen molar-refractivity contribution < 1.29 is 9.53 Å². The van der Waals surface area contributed by atoms with Gasteiger partial charge in [-0.1, -0.05) is 43.3 Å². The maximum absolute atomic E-state index is 12.0. The van der Waals surface area contributed by atoms with Crippen molar-refractivity contribution in [2.24, 2.45) is 5.92 Å². The number of rotatable bonds is 8. The molecule has 1 aromatic heterocycles. The molecule has 3 rings (SSSR count). The van der Waals surface area contributed by atoms with E-state index < -0.39 is 0 Å². The monoisotopic (exact) mass is 392 g/mol. The Bertz CT molecular complexity index is 831. The van der Waals surface area contributed by atoms with Crippen LogP contribution in [-0.2, 0) is 16.0 Å². The van der Waals surface area contributed by atoms with Crippen LogP contribution in [0, 0.1) is 5.92 Å². The van der Waals surface area contributed by atoms with Crippen molar-refractivity contribution in [2.45, 2.75) is 39.5 Å². The number of aryl methyl sites for hydroxylation is 1. The number of likely N-dealkylation sites (tertiary alicyclic amines) is 1. The SMILES string of the molecule is CCOC(=O)C1CCCN(CC/C=C/c2ccnc(-c3ccccc3CC)c2)C1. The van der Waals surface area contributed by atoms with Gasteiger partial charge in [-0.3, -0.25) is 9.78 Å². The Morgan fingerprint density at radius 3 is 2.97 bits per heavy atom. The largest absolute Gasteiger partial charge is 0.466 e. The van der Waals surface area contributed by atoms with Crippen molar-refractivity contribution in [2.75, 3.05) is 26.2 Å². The molecule has 0 aliphatic carbocycles. The third-order valence-electron chi connectivity index (χ3n) is 5.51. The normalized spacial score (nSPS) is 17.5. The highest BCUT2D eigenvalue weighted by Crippen LogP contribution is 2.23. The lowest BCUT2D eigenvalue weighted by Crippen LogP contribution is -2.39. The van der Waals surface area contributed by atoms with E-state index in [-0.39, 0.29) is 11.9 Å². The number of hydrogen-bond acceptors (Lipinski definition) is 4. The Morgan fingerprint density at radius 2 is 2.14 bits per heavy atom. The quantitative estimate of drug-likeness (QED) is 0.594. The van der Waals surface area contributed by atoms with E-state index in [1.807, 2.05) is 19.2 Å². The van der Waals surface area contributed by atoms with E-state index in [1.165, 1.54) is 16.7 Å². The number of benzene rings is 1. The molecule has 2 aromatic rings. The van der Waals surface area contributed by atoms with Crippen molar-refractivity contribution >= 4 is 12.0 Å². The van der Waals surface area contributed by atoms with Crippen LogP contribution in [0.25, 0.3) is 17.3 Å². The lowest BCUT2D eigenvalue weighted by atomic mass is 9.98. The van der Waals surface area contributed by atoms with Crippen molar-refractivity contribution in [3.05, 3.63) is 59.8 Å². The second-order valence-electron chi connectivity index (χ2n) is 7.57. The summed E-state index contributed by atoms with van der Waals surface area (Å²) in [5.74, 6) is -0.00140. The van der Waals surface area contributed by atoms with Gasteiger partial charge < -0.3 is 9.64 Å². The highest BCUT2D eigenvalue weighted by molar-refractivity contribution is 5.72. The minimum absolute atomic E-state index is 0.0362. The lowest BCUT2D eigenvalue weighted by molar-refractivity contribution is -0.149. The number of ether oxygens (including phenoxy) is 1. The molecule has 4 heteroatoms. The highest BCUT2D eigenvalue weighted by atomic mass is 16.5. The molecular formula is C25H32N2O2. The molecular weight excluding hydrogens is 360 g/mol. The first kappa shape index (κ1) is 21.3. The molecule has 1 aliphatic rings. The van der Waals surface area contributed by atoms with Gasteiger partial charge >= 0.3 is 5.97 Å². The van der Waals surface area contributed by atoms with Gasteiger partial charge in [-0.15, -0.1) is 0 Å². The van der Waals surface area contributed by atoms with Crippen LogP contribution in [0.2, 0.25) is 0 Å². The van der Waals surface area contributed by atoms with Crippen molar-refractivity contribution in [3.63, 3.8) is 0 Å². The number of aromatic nitrogens is 1. The van der Waals surface area contributed by atoms with E-state index >= 15 is 0 Å². The zero-order chi connectivity index (χ0) is 20.5. The van der Waals surface area contributed by atoms with E-state index in [2.05, 4.69) is 59.3 Å². The minimum Gasteiger partial charge on any atom is -0.466 e. The second-order valence-corrected chi connectivity index (χ2v) is 7.57. The minimum atomic E-state index is -0.0376. The molecule has 1 fully saturated rings. The van der Waals surface area contributed by atoms with Crippen LogP contribution in [0.15, 0.2) is 48.7 Å².